The molecule has 0 saturated carbocycles. The van der Waals surface area contributed by atoms with E-state index in [1.165, 1.54) is 23.8 Å². The molecule has 1 N–H and O–H groups in total. The van der Waals surface area contributed by atoms with Gasteiger partial charge in [-0.2, -0.15) is 0 Å². The number of alkyl halides is 3. The molecule has 1 aliphatic heterocycles. The molecule has 0 bridgehead atoms. The first-order chi connectivity index (χ1) is 11.5. The number of hydrogen-bond acceptors (Lipinski definition) is 3. The Hall–Kier alpha value is -2.21. The van der Waals surface area contributed by atoms with Gasteiger partial charge in [-0.1, -0.05) is 36.4 Å². The minimum absolute atomic E-state index is 0.151. The molecule has 6 heteroatoms. The first-order valence-corrected chi connectivity index (χ1v) is 7.79. The molecule has 128 valence electrons. The highest BCUT2D eigenvalue weighted by atomic mass is 19.4. The predicted octanol–water partition coefficient (Wildman–Crippen LogP) is 4.11. The first-order valence-electron chi connectivity index (χ1n) is 7.79. The van der Waals surface area contributed by atoms with Gasteiger partial charge in [0.1, 0.15) is 17.6 Å². The number of nitrogens with one attached hydrogen (secondary N) is 1. The van der Waals surface area contributed by atoms with Crippen LogP contribution in [-0.2, 0) is 0 Å². The molecule has 2 atom stereocenters. The third-order valence-corrected chi connectivity index (χ3v) is 3.98. The molecule has 0 aliphatic carbocycles. The third kappa shape index (κ3) is 4.41. The van der Waals surface area contributed by atoms with E-state index in [4.69, 9.17) is 4.74 Å². The molecule has 0 aromatic heterocycles. The Balaban J connectivity index is 1.75. The molecule has 1 heterocycles. The largest absolute Gasteiger partial charge is 0.573 e. The van der Waals surface area contributed by atoms with Crippen LogP contribution >= 0.6 is 0 Å². The van der Waals surface area contributed by atoms with Crippen molar-refractivity contribution >= 4 is 0 Å². The average Bonchev–Trinajstić information content (AvgIpc) is 2.55. The third-order valence-electron chi connectivity index (χ3n) is 3.98. The summed E-state index contributed by atoms with van der Waals surface area (Å²) in [5.74, 6) is 0.283. The maximum Gasteiger partial charge on any atom is 0.573 e. The fourth-order valence-corrected chi connectivity index (χ4v) is 2.95. The van der Waals surface area contributed by atoms with Crippen LogP contribution in [0.25, 0.3) is 0 Å². The monoisotopic (exact) mass is 337 g/mol. The zero-order valence-corrected chi connectivity index (χ0v) is 12.9. The fraction of sp³-hybridized carbons (Fsp3) is 0.333. The van der Waals surface area contributed by atoms with Gasteiger partial charge in [-0.05, 0) is 30.7 Å². The summed E-state index contributed by atoms with van der Waals surface area (Å²) in [5.41, 5.74) is 1.17. The Morgan fingerprint density at radius 2 is 1.71 bits per heavy atom. The van der Waals surface area contributed by atoms with Crippen molar-refractivity contribution in [3.05, 3.63) is 60.2 Å². The number of rotatable bonds is 4. The van der Waals surface area contributed by atoms with Crippen LogP contribution in [0.2, 0.25) is 0 Å². The lowest BCUT2D eigenvalue weighted by Crippen LogP contribution is -2.42. The van der Waals surface area contributed by atoms with E-state index < -0.39 is 6.36 Å². The molecule has 0 radical (unpaired) electrons. The summed E-state index contributed by atoms with van der Waals surface area (Å²) in [6.07, 6.45) is -3.95. The van der Waals surface area contributed by atoms with E-state index in [1.54, 1.807) is 6.07 Å². The molecule has 24 heavy (non-hydrogen) atoms. The van der Waals surface area contributed by atoms with Gasteiger partial charge in [-0.25, -0.2) is 0 Å². The molecule has 3 rings (SSSR count). The highest BCUT2D eigenvalue weighted by Crippen LogP contribution is 2.31. The molecule has 1 fully saturated rings. The summed E-state index contributed by atoms with van der Waals surface area (Å²) >= 11 is 0. The first kappa shape index (κ1) is 16.6. The van der Waals surface area contributed by atoms with Crippen LogP contribution in [0.3, 0.4) is 0 Å². The van der Waals surface area contributed by atoms with Gasteiger partial charge in [0.05, 0.1) is 0 Å². The molecular formula is C18H18F3NO2. The minimum atomic E-state index is -4.71. The van der Waals surface area contributed by atoms with E-state index >= 15 is 0 Å². The second-order valence-corrected chi connectivity index (χ2v) is 5.69. The van der Waals surface area contributed by atoms with Crippen molar-refractivity contribution in [2.24, 2.45) is 0 Å². The van der Waals surface area contributed by atoms with Crippen molar-refractivity contribution in [2.45, 2.75) is 24.8 Å². The molecule has 2 aromatic carbocycles. The number of piperidine rings is 1. The van der Waals surface area contributed by atoms with Gasteiger partial charge in [0.2, 0.25) is 0 Å². The molecule has 2 aromatic rings. The Morgan fingerprint density at radius 1 is 0.958 bits per heavy atom. The summed E-state index contributed by atoms with van der Waals surface area (Å²) in [6, 6.07) is 15.7. The van der Waals surface area contributed by atoms with E-state index in [0.717, 1.165) is 13.0 Å². The van der Waals surface area contributed by atoms with E-state index in [-0.39, 0.29) is 17.8 Å². The van der Waals surface area contributed by atoms with E-state index in [9.17, 15) is 13.2 Å². The Labute approximate surface area is 138 Å². The number of ether oxygens (including phenoxy) is 2. The lowest BCUT2D eigenvalue weighted by Gasteiger charge is -2.33. The van der Waals surface area contributed by atoms with E-state index in [0.29, 0.717) is 12.3 Å². The van der Waals surface area contributed by atoms with Crippen molar-refractivity contribution in [1.29, 1.82) is 0 Å². The van der Waals surface area contributed by atoms with Gasteiger partial charge in [0.25, 0.3) is 0 Å². The zero-order valence-electron chi connectivity index (χ0n) is 12.9. The van der Waals surface area contributed by atoms with Crippen molar-refractivity contribution < 1.29 is 22.6 Å². The van der Waals surface area contributed by atoms with Crippen LogP contribution in [0.15, 0.2) is 54.6 Å². The van der Waals surface area contributed by atoms with Crippen molar-refractivity contribution in [2.75, 3.05) is 13.1 Å². The average molecular weight is 337 g/mol. The van der Waals surface area contributed by atoms with Crippen LogP contribution in [0.5, 0.6) is 11.5 Å². The van der Waals surface area contributed by atoms with E-state index in [1.807, 2.05) is 18.2 Å². The van der Waals surface area contributed by atoms with Gasteiger partial charge in [0.15, 0.2) is 0 Å². The standard InChI is InChI=1S/C18H18F3NO2/c19-18(20,21)24-15-8-4-7-14(11-15)23-17-12-22-10-9-16(17)13-5-2-1-3-6-13/h1-8,11,16-17,22H,9-10,12H2. The van der Waals surface area contributed by atoms with Gasteiger partial charge in [-0.3, -0.25) is 0 Å². The van der Waals surface area contributed by atoms with Crippen LogP contribution in [0, 0.1) is 0 Å². The Morgan fingerprint density at radius 3 is 2.46 bits per heavy atom. The summed E-state index contributed by atoms with van der Waals surface area (Å²) < 4.78 is 46.9. The van der Waals surface area contributed by atoms with Crippen molar-refractivity contribution in [1.82, 2.24) is 5.32 Å². The number of halogens is 3. The summed E-state index contributed by atoms with van der Waals surface area (Å²) in [4.78, 5) is 0. The molecular weight excluding hydrogens is 319 g/mol. The van der Waals surface area contributed by atoms with Crippen LogP contribution < -0.4 is 14.8 Å². The second-order valence-electron chi connectivity index (χ2n) is 5.69. The van der Waals surface area contributed by atoms with Crippen LogP contribution in [0.1, 0.15) is 17.9 Å². The highest BCUT2D eigenvalue weighted by Gasteiger charge is 2.32. The van der Waals surface area contributed by atoms with Crippen molar-refractivity contribution in [3.8, 4) is 11.5 Å². The number of benzene rings is 2. The maximum absolute atomic E-state index is 12.3. The topological polar surface area (TPSA) is 30.5 Å². The van der Waals surface area contributed by atoms with Gasteiger partial charge >= 0.3 is 6.36 Å². The zero-order chi connectivity index (χ0) is 17.0. The molecule has 0 spiro atoms. The van der Waals surface area contributed by atoms with Gasteiger partial charge in [0, 0.05) is 18.5 Å². The van der Waals surface area contributed by atoms with Crippen molar-refractivity contribution in [3.63, 3.8) is 0 Å². The molecule has 2 unspecified atom stereocenters. The van der Waals surface area contributed by atoms with Crippen LogP contribution in [0.4, 0.5) is 13.2 Å². The second kappa shape index (κ2) is 7.13. The predicted molar refractivity (Wildman–Crippen MR) is 84.2 cm³/mol. The molecule has 1 saturated heterocycles. The van der Waals surface area contributed by atoms with Gasteiger partial charge < -0.3 is 14.8 Å². The minimum Gasteiger partial charge on any atom is -0.488 e. The fourth-order valence-electron chi connectivity index (χ4n) is 2.95. The summed E-state index contributed by atoms with van der Waals surface area (Å²) in [7, 11) is 0. The lowest BCUT2D eigenvalue weighted by atomic mass is 9.88. The number of hydrogen-bond donors (Lipinski definition) is 1. The normalized spacial score (nSPS) is 21.3. The molecule has 1 aliphatic rings. The maximum atomic E-state index is 12.3. The molecule has 3 nitrogen and oxygen atoms in total. The Bertz CT molecular complexity index is 661. The van der Waals surface area contributed by atoms with Gasteiger partial charge in [-0.15, -0.1) is 13.2 Å². The summed E-state index contributed by atoms with van der Waals surface area (Å²) in [5, 5.41) is 3.27. The highest BCUT2D eigenvalue weighted by molar-refractivity contribution is 5.34. The summed E-state index contributed by atoms with van der Waals surface area (Å²) in [6.45, 7) is 1.53. The van der Waals surface area contributed by atoms with Crippen LogP contribution in [-0.4, -0.2) is 25.6 Å². The quantitative estimate of drug-likeness (QED) is 0.911. The Kier molecular flexibility index (Phi) is 4.94. The SMILES string of the molecule is FC(F)(F)Oc1cccc(OC2CNCCC2c2ccccc2)c1. The smallest absolute Gasteiger partial charge is 0.488 e. The lowest BCUT2D eigenvalue weighted by molar-refractivity contribution is -0.274. The molecule has 0 amide bonds. The van der Waals surface area contributed by atoms with E-state index in [2.05, 4.69) is 22.2 Å².